The van der Waals surface area contributed by atoms with Gasteiger partial charge in [0.2, 0.25) is 5.91 Å². The van der Waals surface area contributed by atoms with Crippen LogP contribution in [0.1, 0.15) is 32.8 Å². The van der Waals surface area contributed by atoms with Gasteiger partial charge >= 0.3 is 0 Å². The number of pyridine rings is 1. The molecule has 1 saturated carbocycles. The Kier molecular flexibility index (Phi) is 5.66. The molecule has 3 aromatic heterocycles. The zero-order valence-electron chi connectivity index (χ0n) is 17.0. The molecule has 0 saturated heterocycles. The number of aryl methyl sites for hydroxylation is 1. The summed E-state index contributed by atoms with van der Waals surface area (Å²) >= 11 is 0. The maximum absolute atomic E-state index is 12.1. The number of aliphatic hydroxyl groups is 1. The van der Waals surface area contributed by atoms with Crippen LogP contribution >= 0.6 is 0 Å². The van der Waals surface area contributed by atoms with E-state index in [1.807, 2.05) is 19.1 Å². The minimum Gasteiger partial charge on any atom is -0.400 e. The summed E-state index contributed by atoms with van der Waals surface area (Å²) < 4.78 is 0. The van der Waals surface area contributed by atoms with E-state index >= 15 is 0 Å². The summed E-state index contributed by atoms with van der Waals surface area (Å²) in [4.78, 5) is 32.4. The Balaban J connectivity index is 0.000000883. The van der Waals surface area contributed by atoms with Crippen LogP contribution < -0.4 is 10.2 Å². The van der Waals surface area contributed by atoms with Gasteiger partial charge in [-0.25, -0.2) is 19.9 Å². The van der Waals surface area contributed by atoms with Gasteiger partial charge in [0, 0.05) is 25.8 Å². The highest BCUT2D eigenvalue weighted by Gasteiger charge is 2.32. The molecule has 3 N–H and O–H groups in total. The van der Waals surface area contributed by atoms with Crippen LogP contribution in [0.15, 0.2) is 24.7 Å². The molecule has 5 rings (SSSR count). The zero-order valence-corrected chi connectivity index (χ0v) is 17.0. The van der Waals surface area contributed by atoms with Crippen molar-refractivity contribution in [3.05, 3.63) is 30.4 Å². The van der Waals surface area contributed by atoms with Gasteiger partial charge in [0.05, 0.1) is 18.4 Å². The van der Waals surface area contributed by atoms with Crippen molar-refractivity contribution in [2.75, 3.05) is 23.9 Å². The summed E-state index contributed by atoms with van der Waals surface area (Å²) in [5, 5.41) is 16.5. The average Bonchev–Trinajstić information content (AvgIpc) is 3.49. The SMILES string of the molecule is CO.Cc1nc(-c2ncn[nH]2)ccc1-c1cnc2c(n1)N(C1CCCC1)CC(=O)N2.[HH]. The number of nitrogens with zero attached hydrogens (tertiary/aromatic N) is 6. The highest BCUT2D eigenvalue weighted by molar-refractivity contribution is 5.99. The van der Waals surface area contributed by atoms with Crippen LogP contribution in [0.25, 0.3) is 22.8 Å². The third-order valence-electron chi connectivity index (χ3n) is 5.38. The second-order valence-corrected chi connectivity index (χ2v) is 7.21. The Morgan fingerprint density at radius 2 is 1.93 bits per heavy atom. The lowest BCUT2D eigenvalue weighted by atomic mass is 10.1. The summed E-state index contributed by atoms with van der Waals surface area (Å²) in [5.41, 5.74) is 3.20. The summed E-state index contributed by atoms with van der Waals surface area (Å²) in [6.07, 6.45) is 7.71. The van der Waals surface area contributed by atoms with E-state index < -0.39 is 0 Å². The van der Waals surface area contributed by atoms with Crippen molar-refractivity contribution >= 4 is 17.5 Å². The maximum Gasteiger partial charge on any atom is 0.245 e. The van der Waals surface area contributed by atoms with Crippen molar-refractivity contribution in [3.8, 4) is 22.8 Å². The number of hydrogen-bond acceptors (Lipinski definition) is 8. The number of H-pyrrole nitrogens is 1. The Hall–Kier alpha value is -3.40. The summed E-state index contributed by atoms with van der Waals surface area (Å²) in [7, 11) is 1.00. The number of rotatable bonds is 3. The topological polar surface area (TPSA) is 133 Å². The van der Waals surface area contributed by atoms with Crippen molar-refractivity contribution in [2.24, 2.45) is 0 Å². The molecule has 0 aromatic carbocycles. The fourth-order valence-corrected chi connectivity index (χ4v) is 4.01. The number of aliphatic hydroxyl groups excluding tert-OH is 1. The number of carbonyl (C=O) groups excluding carboxylic acids is 1. The van der Waals surface area contributed by atoms with Crippen LogP contribution in [0.3, 0.4) is 0 Å². The number of aromatic amines is 1. The fourth-order valence-electron chi connectivity index (χ4n) is 4.01. The van der Waals surface area contributed by atoms with Crippen LogP contribution in [0.4, 0.5) is 11.6 Å². The van der Waals surface area contributed by atoms with Crippen molar-refractivity contribution in [3.63, 3.8) is 0 Å². The fraction of sp³-hybridized carbons (Fsp3) is 0.400. The lowest BCUT2D eigenvalue weighted by Crippen LogP contribution is -2.44. The van der Waals surface area contributed by atoms with E-state index in [0.29, 0.717) is 24.2 Å². The summed E-state index contributed by atoms with van der Waals surface area (Å²) in [5.74, 6) is 1.88. The smallest absolute Gasteiger partial charge is 0.245 e. The molecule has 4 heterocycles. The molecule has 30 heavy (non-hydrogen) atoms. The van der Waals surface area contributed by atoms with E-state index in [1.54, 1.807) is 6.20 Å². The van der Waals surface area contributed by atoms with E-state index in [9.17, 15) is 4.79 Å². The quantitative estimate of drug-likeness (QED) is 0.598. The molecule has 2 aliphatic rings. The first-order chi connectivity index (χ1) is 14.7. The first-order valence-corrected chi connectivity index (χ1v) is 9.91. The van der Waals surface area contributed by atoms with E-state index in [1.165, 1.54) is 19.2 Å². The van der Waals surface area contributed by atoms with Gasteiger partial charge in [0.15, 0.2) is 17.5 Å². The third kappa shape index (κ3) is 3.73. The predicted molar refractivity (Wildman–Crippen MR) is 114 cm³/mol. The molecule has 0 bridgehead atoms. The second-order valence-electron chi connectivity index (χ2n) is 7.21. The Labute approximate surface area is 175 Å². The molecular formula is C20H26N8O2. The van der Waals surface area contributed by atoms with E-state index in [-0.39, 0.29) is 7.33 Å². The van der Waals surface area contributed by atoms with Gasteiger partial charge < -0.3 is 15.3 Å². The maximum atomic E-state index is 12.1. The highest BCUT2D eigenvalue weighted by Crippen LogP contribution is 2.35. The van der Waals surface area contributed by atoms with Crippen LogP contribution in [-0.2, 0) is 4.79 Å². The normalized spacial score (nSPS) is 16.0. The van der Waals surface area contributed by atoms with Crippen LogP contribution in [0.5, 0.6) is 0 Å². The molecule has 10 heteroatoms. The standard InChI is InChI=1S/C19H20N8O.CH4O.H2/c1-11-13(6-7-14(23-11)17-21-10-22-26-17)15-8-20-18-19(24-15)27(9-16(28)25-18)12-4-2-3-5-12;1-2;/h6-8,10,12H,2-5,9H2,1H3,(H,20,25,28)(H,21,22,26);2H,1H3;1H. The highest BCUT2D eigenvalue weighted by atomic mass is 16.2. The van der Waals surface area contributed by atoms with Gasteiger partial charge in [-0.1, -0.05) is 12.8 Å². The number of carbonyl (C=O) groups is 1. The zero-order chi connectivity index (χ0) is 21.1. The van der Waals surface area contributed by atoms with Gasteiger partial charge in [-0.2, -0.15) is 5.10 Å². The molecule has 3 aromatic rings. The van der Waals surface area contributed by atoms with Crippen molar-refractivity contribution < 1.29 is 11.3 Å². The summed E-state index contributed by atoms with van der Waals surface area (Å²) in [6.45, 7) is 2.27. The van der Waals surface area contributed by atoms with Gasteiger partial charge in [0.1, 0.15) is 12.0 Å². The van der Waals surface area contributed by atoms with E-state index in [2.05, 4.69) is 35.4 Å². The molecule has 0 unspecified atom stereocenters. The van der Waals surface area contributed by atoms with Gasteiger partial charge in [-0.05, 0) is 31.9 Å². The van der Waals surface area contributed by atoms with E-state index in [0.717, 1.165) is 48.4 Å². The van der Waals surface area contributed by atoms with Crippen LogP contribution in [0.2, 0.25) is 0 Å². The average molecular weight is 410 g/mol. The molecule has 1 aliphatic carbocycles. The number of anilines is 2. The van der Waals surface area contributed by atoms with Gasteiger partial charge in [-0.15, -0.1) is 0 Å². The molecule has 0 radical (unpaired) electrons. The molecule has 158 valence electrons. The Bertz CT molecular complexity index is 1040. The summed E-state index contributed by atoms with van der Waals surface area (Å²) in [6, 6.07) is 4.21. The number of aromatic nitrogens is 6. The third-order valence-corrected chi connectivity index (χ3v) is 5.38. The first kappa shape index (κ1) is 19.9. The van der Waals surface area contributed by atoms with Gasteiger partial charge in [-0.3, -0.25) is 9.89 Å². The molecular weight excluding hydrogens is 384 g/mol. The second kappa shape index (κ2) is 8.54. The van der Waals surface area contributed by atoms with Gasteiger partial charge in [0.25, 0.3) is 0 Å². The number of hydrogen-bond donors (Lipinski definition) is 3. The minimum atomic E-state index is -0.0318. The lowest BCUT2D eigenvalue weighted by Gasteiger charge is -2.34. The Morgan fingerprint density at radius 1 is 1.13 bits per heavy atom. The molecule has 0 atom stereocenters. The number of amides is 1. The monoisotopic (exact) mass is 410 g/mol. The minimum absolute atomic E-state index is 0. The van der Waals surface area contributed by atoms with Crippen LogP contribution in [-0.4, -0.2) is 60.8 Å². The molecule has 10 nitrogen and oxygen atoms in total. The molecule has 1 amide bonds. The Morgan fingerprint density at radius 3 is 2.63 bits per heavy atom. The van der Waals surface area contributed by atoms with Crippen molar-refractivity contribution in [1.29, 1.82) is 0 Å². The number of nitrogens with one attached hydrogen (secondary N) is 2. The number of fused-ring (bicyclic) bond motifs is 1. The molecule has 1 aliphatic heterocycles. The molecule has 1 fully saturated rings. The van der Waals surface area contributed by atoms with Crippen molar-refractivity contribution in [1.82, 2.24) is 30.1 Å². The first-order valence-electron chi connectivity index (χ1n) is 9.91. The van der Waals surface area contributed by atoms with Crippen molar-refractivity contribution in [2.45, 2.75) is 38.6 Å². The molecule has 0 spiro atoms. The van der Waals surface area contributed by atoms with Crippen LogP contribution in [0, 0.1) is 6.92 Å². The lowest BCUT2D eigenvalue weighted by molar-refractivity contribution is -0.115. The largest absolute Gasteiger partial charge is 0.400 e. The predicted octanol–water partition coefficient (Wildman–Crippen LogP) is 2.19. The van der Waals surface area contributed by atoms with E-state index in [4.69, 9.17) is 10.1 Å².